The first-order chi connectivity index (χ1) is 18.0. The zero-order valence-electron chi connectivity index (χ0n) is 22.5. The minimum Gasteiger partial charge on any atom is -0.339 e. The minimum atomic E-state index is -0.352. The van der Waals surface area contributed by atoms with Gasteiger partial charge in [0.25, 0.3) is 11.8 Å². The van der Waals surface area contributed by atoms with Crippen molar-refractivity contribution in [2.45, 2.75) is 46.6 Å². The zero-order chi connectivity index (χ0) is 27.2. The largest absolute Gasteiger partial charge is 0.339 e. The van der Waals surface area contributed by atoms with Crippen molar-refractivity contribution in [1.29, 1.82) is 0 Å². The van der Waals surface area contributed by atoms with Crippen molar-refractivity contribution in [1.82, 2.24) is 9.80 Å². The summed E-state index contributed by atoms with van der Waals surface area (Å²) in [6, 6.07) is 23.9. The van der Waals surface area contributed by atoms with Crippen LogP contribution in [0.5, 0.6) is 0 Å². The van der Waals surface area contributed by atoms with Crippen molar-refractivity contribution >= 4 is 11.8 Å². The van der Waals surface area contributed by atoms with E-state index < -0.39 is 0 Å². The molecule has 3 aromatic carbocycles. The van der Waals surface area contributed by atoms with Gasteiger partial charge in [-0.3, -0.25) is 9.59 Å². The van der Waals surface area contributed by atoms with Gasteiger partial charge in [0.15, 0.2) is 0 Å². The van der Waals surface area contributed by atoms with Crippen LogP contribution < -0.4 is 5.73 Å². The minimum absolute atomic E-state index is 0.0537. The maximum absolute atomic E-state index is 12.8. The van der Waals surface area contributed by atoms with Gasteiger partial charge in [-0.25, -0.2) is 4.39 Å². The molecule has 198 valence electrons. The van der Waals surface area contributed by atoms with Crippen LogP contribution in [0.15, 0.2) is 78.9 Å². The Morgan fingerprint density at radius 3 is 1.78 bits per heavy atom. The highest BCUT2D eigenvalue weighted by molar-refractivity contribution is 5.95. The number of amides is 2. The number of nitrogens with zero attached hydrogens (tertiary/aromatic N) is 2. The molecule has 2 N–H and O–H groups in total. The maximum Gasteiger partial charge on any atom is 0.253 e. The van der Waals surface area contributed by atoms with Crippen LogP contribution >= 0.6 is 0 Å². The van der Waals surface area contributed by atoms with Crippen LogP contribution in [0.25, 0.3) is 11.1 Å². The van der Waals surface area contributed by atoms with E-state index in [0.29, 0.717) is 18.7 Å². The number of carbonyl (C=O) groups excluding carboxylic acids is 2. The van der Waals surface area contributed by atoms with Crippen molar-refractivity contribution in [3.8, 4) is 11.1 Å². The SMILES string of the molecule is CC.CC.NC1CN(C(=O)c2ccc(-c3ccccc3)cc2)C1.O=C(c1cccc(F)c1)N1CCCC1. The summed E-state index contributed by atoms with van der Waals surface area (Å²) in [6.07, 6.45) is 2.11. The van der Waals surface area contributed by atoms with E-state index >= 15 is 0 Å². The lowest BCUT2D eigenvalue weighted by Gasteiger charge is -2.36. The van der Waals surface area contributed by atoms with Gasteiger partial charge in [-0.15, -0.1) is 0 Å². The van der Waals surface area contributed by atoms with E-state index in [0.717, 1.165) is 42.6 Å². The Labute approximate surface area is 221 Å². The molecule has 0 spiro atoms. The third-order valence-corrected chi connectivity index (χ3v) is 5.90. The first-order valence-corrected chi connectivity index (χ1v) is 13.3. The lowest BCUT2D eigenvalue weighted by molar-refractivity contribution is 0.0608. The van der Waals surface area contributed by atoms with Gasteiger partial charge in [-0.1, -0.05) is 76.2 Å². The Balaban J connectivity index is 0.000000238. The fourth-order valence-electron chi connectivity index (χ4n) is 4.02. The summed E-state index contributed by atoms with van der Waals surface area (Å²) in [7, 11) is 0. The Bertz CT molecular complexity index is 1090. The molecule has 0 bridgehead atoms. The van der Waals surface area contributed by atoms with E-state index in [4.69, 9.17) is 5.73 Å². The van der Waals surface area contributed by atoms with Gasteiger partial charge in [-0.05, 0) is 54.3 Å². The second kappa shape index (κ2) is 15.6. The summed E-state index contributed by atoms with van der Waals surface area (Å²) in [5, 5.41) is 0. The van der Waals surface area contributed by atoms with Crippen LogP contribution in [0.1, 0.15) is 61.3 Å². The number of nitrogens with two attached hydrogens (primary N) is 1. The summed E-state index contributed by atoms with van der Waals surface area (Å²) >= 11 is 0. The normalized spacial score (nSPS) is 14.1. The van der Waals surface area contributed by atoms with Crippen molar-refractivity contribution in [3.05, 3.63) is 95.8 Å². The van der Waals surface area contributed by atoms with E-state index in [1.165, 1.54) is 12.1 Å². The van der Waals surface area contributed by atoms with Gasteiger partial charge in [-0.2, -0.15) is 0 Å². The van der Waals surface area contributed by atoms with Gasteiger partial charge in [0.1, 0.15) is 5.82 Å². The number of hydrogen-bond donors (Lipinski definition) is 1. The predicted molar refractivity (Wildman–Crippen MR) is 150 cm³/mol. The van der Waals surface area contributed by atoms with Crippen LogP contribution in [0.4, 0.5) is 4.39 Å². The highest BCUT2D eigenvalue weighted by Gasteiger charge is 2.28. The second-order valence-electron chi connectivity index (χ2n) is 8.42. The van der Waals surface area contributed by atoms with Crippen molar-refractivity contribution < 1.29 is 14.0 Å². The molecule has 2 aliphatic heterocycles. The van der Waals surface area contributed by atoms with Crippen LogP contribution in [0.3, 0.4) is 0 Å². The monoisotopic (exact) mass is 505 g/mol. The quantitative estimate of drug-likeness (QED) is 0.457. The summed E-state index contributed by atoms with van der Waals surface area (Å²) in [5.41, 5.74) is 9.15. The number of benzene rings is 3. The molecular weight excluding hydrogens is 465 g/mol. The number of halogens is 1. The second-order valence-corrected chi connectivity index (χ2v) is 8.42. The summed E-state index contributed by atoms with van der Waals surface area (Å²) in [6.45, 7) is 10.9. The maximum atomic E-state index is 12.8. The molecule has 3 aromatic rings. The number of rotatable bonds is 3. The molecule has 5 rings (SSSR count). The fraction of sp³-hybridized carbons (Fsp3) is 0.355. The van der Waals surface area contributed by atoms with Gasteiger partial charge in [0, 0.05) is 43.3 Å². The lowest BCUT2D eigenvalue weighted by Crippen LogP contribution is -2.57. The van der Waals surface area contributed by atoms with E-state index in [2.05, 4.69) is 12.1 Å². The number of likely N-dealkylation sites (tertiary alicyclic amines) is 2. The van der Waals surface area contributed by atoms with Gasteiger partial charge < -0.3 is 15.5 Å². The summed E-state index contributed by atoms with van der Waals surface area (Å²) in [4.78, 5) is 27.4. The van der Waals surface area contributed by atoms with E-state index in [1.54, 1.807) is 21.9 Å². The topological polar surface area (TPSA) is 66.6 Å². The molecular formula is C31H40FN3O2. The lowest BCUT2D eigenvalue weighted by atomic mass is 10.0. The molecule has 2 saturated heterocycles. The van der Waals surface area contributed by atoms with Crippen LogP contribution in [-0.4, -0.2) is 53.8 Å². The molecule has 2 fully saturated rings. The Kier molecular flexibility index (Phi) is 12.5. The standard InChI is InChI=1S/C16H16N2O.C11H12FNO.2C2H6/c17-15-10-18(11-15)16(19)14-8-6-13(7-9-14)12-4-2-1-3-5-12;12-10-5-3-4-9(8-10)11(14)13-6-1-2-7-13;2*1-2/h1-9,15H,10-11,17H2;3-5,8H,1-2,6-7H2;2*1-2H3. The first-order valence-electron chi connectivity index (χ1n) is 13.3. The summed E-state index contributed by atoms with van der Waals surface area (Å²) in [5.74, 6) is -0.335. The molecule has 0 aliphatic carbocycles. The van der Waals surface area contributed by atoms with E-state index in [9.17, 15) is 14.0 Å². The Morgan fingerprint density at radius 2 is 1.24 bits per heavy atom. The molecule has 0 atom stereocenters. The van der Waals surface area contributed by atoms with Crippen molar-refractivity contribution in [3.63, 3.8) is 0 Å². The highest BCUT2D eigenvalue weighted by Crippen LogP contribution is 2.20. The molecule has 0 radical (unpaired) electrons. The molecule has 0 saturated carbocycles. The first kappa shape index (κ1) is 29.7. The molecule has 0 unspecified atom stereocenters. The van der Waals surface area contributed by atoms with Gasteiger partial charge in [0.2, 0.25) is 0 Å². The molecule has 0 aromatic heterocycles. The molecule has 37 heavy (non-hydrogen) atoms. The number of hydrogen-bond acceptors (Lipinski definition) is 3. The molecule has 2 amide bonds. The molecule has 6 heteroatoms. The number of carbonyl (C=O) groups is 2. The summed E-state index contributed by atoms with van der Waals surface area (Å²) < 4.78 is 12.8. The van der Waals surface area contributed by atoms with Gasteiger partial charge >= 0.3 is 0 Å². The smallest absolute Gasteiger partial charge is 0.253 e. The van der Waals surface area contributed by atoms with Crippen molar-refractivity contribution in [2.24, 2.45) is 5.73 Å². The zero-order valence-corrected chi connectivity index (χ0v) is 22.5. The Hall–Kier alpha value is -3.51. The predicted octanol–water partition coefficient (Wildman–Crippen LogP) is 6.25. The third kappa shape index (κ3) is 8.53. The molecule has 5 nitrogen and oxygen atoms in total. The average molecular weight is 506 g/mol. The third-order valence-electron chi connectivity index (χ3n) is 5.90. The van der Waals surface area contributed by atoms with E-state index in [1.807, 2.05) is 70.2 Å². The highest BCUT2D eigenvalue weighted by atomic mass is 19.1. The fourth-order valence-corrected chi connectivity index (χ4v) is 4.02. The van der Waals surface area contributed by atoms with Crippen LogP contribution in [0.2, 0.25) is 0 Å². The van der Waals surface area contributed by atoms with Crippen LogP contribution in [-0.2, 0) is 0 Å². The van der Waals surface area contributed by atoms with Gasteiger partial charge in [0.05, 0.1) is 0 Å². The Morgan fingerprint density at radius 1 is 0.703 bits per heavy atom. The molecule has 2 aliphatic rings. The molecule has 2 heterocycles. The van der Waals surface area contributed by atoms with E-state index in [-0.39, 0.29) is 23.7 Å². The average Bonchev–Trinajstić information content (AvgIpc) is 3.49. The van der Waals surface area contributed by atoms with Crippen LogP contribution in [0, 0.1) is 5.82 Å². The van der Waals surface area contributed by atoms with Crippen molar-refractivity contribution in [2.75, 3.05) is 26.2 Å².